The highest BCUT2D eigenvalue weighted by atomic mass is 35.5. The maximum atomic E-state index is 12.6. The van der Waals surface area contributed by atoms with Gasteiger partial charge in [-0.1, -0.05) is 36.8 Å². The van der Waals surface area contributed by atoms with Crippen molar-refractivity contribution in [2.24, 2.45) is 5.73 Å². The Kier molecular flexibility index (Phi) is 4.96. The quantitative estimate of drug-likeness (QED) is 0.846. The van der Waals surface area contributed by atoms with Crippen LogP contribution in [0.15, 0.2) is 23.1 Å². The molecule has 1 atom stereocenters. The zero-order valence-electron chi connectivity index (χ0n) is 10.9. The number of halogens is 1. The molecule has 1 aromatic rings. The molecule has 0 aliphatic carbocycles. The van der Waals surface area contributed by atoms with Crippen molar-refractivity contribution in [1.82, 2.24) is 4.31 Å². The van der Waals surface area contributed by atoms with Gasteiger partial charge in [-0.05, 0) is 12.1 Å². The van der Waals surface area contributed by atoms with E-state index in [0.717, 1.165) is 5.75 Å². The number of hydrogen-bond donors (Lipinski definition) is 1. The van der Waals surface area contributed by atoms with Crippen LogP contribution in [0.4, 0.5) is 0 Å². The van der Waals surface area contributed by atoms with E-state index in [1.165, 1.54) is 16.4 Å². The van der Waals surface area contributed by atoms with Gasteiger partial charge in [-0.2, -0.15) is 16.1 Å². The number of sulfonamides is 1. The Morgan fingerprint density at radius 2 is 2.25 bits per heavy atom. The molecule has 1 fully saturated rings. The fourth-order valence-electron chi connectivity index (χ4n) is 2.01. The summed E-state index contributed by atoms with van der Waals surface area (Å²) in [5, 5.41) is 0.439. The van der Waals surface area contributed by atoms with Gasteiger partial charge in [-0.25, -0.2) is 8.42 Å². The zero-order valence-corrected chi connectivity index (χ0v) is 14.1. The third-order valence-corrected chi connectivity index (χ3v) is 6.76. The van der Waals surface area contributed by atoms with Gasteiger partial charge in [-0.15, -0.1) is 0 Å². The molecule has 1 saturated heterocycles. The predicted molar refractivity (Wildman–Crippen MR) is 88.0 cm³/mol. The van der Waals surface area contributed by atoms with Crippen LogP contribution in [0.3, 0.4) is 0 Å². The van der Waals surface area contributed by atoms with E-state index in [1.807, 2.05) is 6.92 Å². The number of thiocarbonyl (C=S) groups is 1. The summed E-state index contributed by atoms with van der Waals surface area (Å²) >= 11 is 12.7. The third-order valence-electron chi connectivity index (χ3n) is 3.04. The predicted octanol–water partition coefficient (Wildman–Crippen LogP) is 2.10. The van der Waals surface area contributed by atoms with Gasteiger partial charge in [0.25, 0.3) is 0 Å². The molecule has 0 saturated carbocycles. The van der Waals surface area contributed by atoms with E-state index in [4.69, 9.17) is 29.6 Å². The fourth-order valence-corrected chi connectivity index (χ4v) is 5.41. The lowest BCUT2D eigenvalue weighted by molar-refractivity contribution is 0.424. The van der Waals surface area contributed by atoms with E-state index in [0.29, 0.717) is 18.7 Å². The molecule has 1 heterocycles. The molecule has 110 valence electrons. The smallest absolute Gasteiger partial charge is 0.244 e. The van der Waals surface area contributed by atoms with Crippen LogP contribution >= 0.6 is 35.6 Å². The van der Waals surface area contributed by atoms with Gasteiger partial charge < -0.3 is 5.73 Å². The molecule has 0 radical (unpaired) electrons. The van der Waals surface area contributed by atoms with Crippen molar-refractivity contribution in [3.8, 4) is 0 Å². The average molecular weight is 351 g/mol. The van der Waals surface area contributed by atoms with Gasteiger partial charge in [0.05, 0.1) is 5.02 Å². The van der Waals surface area contributed by atoms with Gasteiger partial charge in [0, 0.05) is 29.7 Å². The van der Waals surface area contributed by atoms with Crippen LogP contribution in [0.1, 0.15) is 12.5 Å². The molecule has 0 bridgehead atoms. The summed E-state index contributed by atoms with van der Waals surface area (Å²) in [5.41, 5.74) is 6.07. The Morgan fingerprint density at radius 1 is 1.55 bits per heavy atom. The number of rotatable bonds is 3. The molecule has 1 aliphatic heterocycles. The van der Waals surface area contributed by atoms with Crippen molar-refractivity contribution in [3.05, 3.63) is 28.8 Å². The van der Waals surface area contributed by atoms with Gasteiger partial charge >= 0.3 is 0 Å². The molecule has 0 spiro atoms. The highest BCUT2D eigenvalue weighted by molar-refractivity contribution is 8.00. The molecule has 1 aromatic carbocycles. The van der Waals surface area contributed by atoms with Crippen molar-refractivity contribution in [2.75, 3.05) is 18.8 Å². The number of hydrogen-bond acceptors (Lipinski definition) is 4. The van der Waals surface area contributed by atoms with E-state index in [-0.39, 0.29) is 20.2 Å². The molecular formula is C12H15ClN2O2S3. The van der Waals surface area contributed by atoms with Crippen LogP contribution in [0.25, 0.3) is 0 Å². The molecule has 4 nitrogen and oxygen atoms in total. The highest BCUT2D eigenvalue weighted by Gasteiger charge is 2.30. The zero-order chi connectivity index (χ0) is 14.9. The van der Waals surface area contributed by atoms with E-state index in [2.05, 4.69) is 0 Å². The Morgan fingerprint density at radius 3 is 2.80 bits per heavy atom. The number of nitrogens with two attached hydrogens (primary N) is 1. The maximum Gasteiger partial charge on any atom is 0.244 e. The van der Waals surface area contributed by atoms with Crippen LogP contribution in [-0.2, 0) is 10.0 Å². The van der Waals surface area contributed by atoms with Crippen molar-refractivity contribution < 1.29 is 8.42 Å². The first kappa shape index (κ1) is 16.0. The van der Waals surface area contributed by atoms with E-state index in [9.17, 15) is 8.42 Å². The van der Waals surface area contributed by atoms with Crippen LogP contribution in [0.5, 0.6) is 0 Å². The molecular weight excluding hydrogens is 336 g/mol. The molecule has 1 aliphatic rings. The number of thioether (sulfide) groups is 1. The molecule has 2 rings (SSSR count). The summed E-state index contributed by atoms with van der Waals surface area (Å²) in [7, 11) is -3.56. The molecule has 2 N–H and O–H groups in total. The summed E-state index contributed by atoms with van der Waals surface area (Å²) < 4.78 is 26.7. The fraction of sp³-hybridized carbons (Fsp3) is 0.417. The maximum absolute atomic E-state index is 12.6. The minimum Gasteiger partial charge on any atom is -0.389 e. The van der Waals surface area contributed by atoms with Crippen molar-refractivity contribution in [1.29, 1.82) is 0 Å². The standard InChI is InChI=1S/C12H15ClN2O2S3/c1-8-7-15(4-5-19-8)20(16,17)11-3-2-9(12(14)18)6-10(11)13/h2-3,6,8H,4-5,7H2,1H3,(H2,14,18). The second kappa shape index (κ2) is 6.19. The lowest BCUT2D eigenvalue weighted by Gasteiger charge is -2.30. The van der Waals surface area contributed by atoms with Crippen LogP contribution in [0.2, 0.25) is 5.02 Å². The molecule has 0 amide bonds. The van der Waals surface area contributed by atoms with Gasteiger partial charge in [0.2, 0.25) is 10.0 Å². The Bertz CT molecular complexity index is 634. The molecule has 20 heavy (non-hydrogen) atoms. The Labute approximate surface area is 133 Å². The van der Waals surface area contributed by atoms with Crippen LogP contribution in [-0.4, -0.2) is 41.8 Å². The monoisotopic (exact) mass is 350 g/mol. The summed E-state index contributed by atoms with van der Waals surface area (Å²) in [4.78, 5) is 0.303. The Hall–Kier alpha value is -0.340. The van der Waals surface area contributed by atoms with E-state index >= 15 is 0 Å². The lowest BCUT2D eigenvalue weighted by Crippen LogP contribution is -2.41. The minimum atomic E-state index is -3.56. The third kappa shape index (κ3) is 3.28. The first-order valence-corrected chi connectivity index (χ1v) is 9.31. The minimum absolute atomic E-state index is 0.110. The summed E-state index contributed by atoms with van der Waals surface area (Å²) in [5.74, 6) is 0.795. The van der Waals surface area contributed by atoms with Gasteiger partial charge in [-0.3, -0.25) is 0 Å². The van der Waals surface area contributed by atoms with Gasteiger partial charge in [0.15, 0.2) is 0 Å². The summed E-state index contributed by atoms with van der Waals surface area (Å²) in [6.45, 7) is 3.02. The molecule has 8 heteroatoms. The molecule has 1 unspecified atom stereocenters. The topological polar surface area (TPSA) is 63.4 Å². The second-order valence-corrected chi connectivity index (χ2v) is 8.85. The average Bonchev–Trinajstić information content (AvgIpc) is 2.38. The number of nitrogens with zero attached hydrogens (tertiary/aromatic N) is 1. The van der Waals surface area contributed by atoms with Crippen molar-refractivity contribution in [3.63, 3.8) is 0 Å². The summed E-state index contributed by atoms with van der Waals surface area (Å²) in [6, 6.07) is 4.56. The molecule has 0 aromatic heterocycles. The largest absolute Gasteiger partial charge is 0.389 e. The second-order valence-electron chi connectivity index (χ2n) is 4.55. The van der Waals surface area contributed by atoms with Crippen LogP contribution < -0.4 is 5.73 Å². The number of benzene rings is 1. The SMILES string of the molecule is CC1CN(S(=O)(=O)c2ccc(C(N)=S)cc2Cl)CCS1. The van der Waals surface area contributed by atoms with Crippen molar-refractivity contribution >= 4 is 50.6 Å². The van der Waals surface area contributed by atoms with E-state index in [1.54, 1.807) is 17.8 Å². The Balaban J connectivity index is 2.36. The van der Waals surface area contributed by atoms with E-state index < -0.39 is 10.0 Å². The normalized spacial score (nSPS) is 20.8. The van der Waals surface area contributed by atoms with Gasteiger partial charge in [0.1, 0.15) is 9.88 Å². The highest BCUT2D eigenvalue weighted by Crippen LogP contribution is 2.29. The lowest BCUT2D eigenvalue weighted by atomic mass is 10.2. The first-order chi connectivity index (χ1) is 9.32. The summed E-state index contributed by atoms with van der Waals surface area (Å²) in [6.07, 6.45) is 0. The van der Waals surface area contributed by atoms with Crippen LogP contribution in [0, 0.1) is 0 Å². The van der Waals surface area contributed by atoms with Crippen molar-refractivity contribution in [2.45, 2.75) is 17.1 Å². The first-order valence-electron chi connectivity index (χ1n) is 6.03.